The van der Waals surface area contributed by atoms with E-state index in [0.717, 1.165) is 0 Å². The molecule has 1 aromatic heterocycles. The van der Waals surface area contributed by atoms with Crippen molar-refractivity contribution in [3.63, 3.8) is 0 Å². The third-order valence-electron chi connectivity index (χ3n) is 3.17. The molecular formula is C14H21IN2S. The lowest BCUT2D eigenvalue weighted by atomic mass is 10.1. The van der Waals surface area contributed by atoms with Crippen LogP contribution in [0.25, 0.3) is 6.08 Å². The number of thioether (sulfide) groups is 1. The topological polar surface area (TPSA) is 7.12 Å². The number of hydrogen-bond acceptors (Lipinski definition) is 2. The van der Waals surface area contributed by atoms with Crippen molar-refractivity contribution in [2.75, 3.05) is 19.3 Å². The largest absolute Gasteiger partial charge is 1.00 e. The molecule has 1 saturated heterocycles. The Morgan fingerprint density at radius 1 is 1.22 bits per heavy atom. The van der Waals surface area contributed by atoms with Crippen LogP contribution in [0.1, 0.15) is 24.8 Å². The number of nitrogens with zero attached hydrogens (tertiary/aromatic N) is 2. The van der Waals surface area contributed by atoms with E-state index in [-0.39, 0.29) is 24.0 Å². The maximum atomic E-state index is 2.52. The van der Waals surface area contributed by atoms with Crippen molar-refractivity contribution >= 4 is 17.8 Å². The third-order valence-corrected chi connectivity index (χ3v) is 3.97. The zero-order valence-electron chi connectivity index (χ0n) is 11.1. The normalized spacial score (nSPS) is 16.3. The van der Waals surface area contributed by atoms with Gasteiger partial charge in [0.2, 0.25) is 0 Å². The third kappa shape index (κ3) is 4.46. The molecule has 0 aliphatic carbocycles. The summed E-state index contributed by atoms with van der Waals surface area (Å²) < 4.78 is 2.07. The SMILES string of the molecule is CS/C(=C\c1cc[n+](C)cc1)N1CCCCC1.[I-]. The monoisotopic (exact) mass is 376 g/mol. The molecule has 4 heteroatoms. The van der Waals surface area contributed by atoms with Gasteiger partial charge in [-0.15, -0.1) is 11.8 Å². The Balaban J connectivity index is 0.00000162. The van der Waals surface area contributed by atoms with Gasteiger partial charge in [0, 0.05) is 25.2 Å². The van der Waals surface area contributed by atoms with Gasteiger partial charge in [-0.3, -0.25) is 0 Å². The highest BCUT2D eigenvalue weighted by Crippen LogP contribution is 2.24. The van der Waals surface area contributed by atoms with Crippen molar-refractivity contribution in [1.82, 2.24) is 4.90 Å². The van der Waals surface area contributed by atoms with Crippen LogP contribution in [-0.4, -0.2) is 24.2 Å². The molecule has 0 atom stereocenters. The number of piperidine rings is 1. The molecule has 1 aromatic rings. The molecule has 0 saturated carbocycles. The Morgan fingerprint density at radius 3 is 2.39 bits per heavy atom. The van der Waals surface area contributed by atoms with E-state index in [1.54, 1.807) is 0 Å². The summed E-state index contributed by atoms with van der Waals surface area (Å²) in [5.74, 6) is 0. The molecule has 0 bridgehead atoms. The minimum absolute atomic E-state index is 0. The molecule has 1 aliphatic rings. The number of likely N-dealkylation sites (tertiary alicyclic amines) is 1. The molecule has 0 radical (unpaired) electrons. The fraction of sp³-hybridized carbons (Fsp3) is 0.500. The summed E-state index contributed by atoms with van der Waals surface area (Å²) in [5.41, 5.74) is 1.29. The predicted molar refractivity (Wildman–Crippen MR) is 74.5 cm³/mol. The Labute approximate surface area is 131 Å². The molecule has 0 unspecified atom stereocenters. The first-order valence-electron chi connectivity index (χ1n) is 6.25. The smallest absolute Gasteiger partial charge is 0.169 e. The van der Waals surface area contributed by atoms with E-state index in [1.807, 2.05) is 18.8 Å². The molecule has 2 rings (SSSR count). The molecule has 0 amide bonds. The van der Waals surface area contributed by atoms with Crippen LogP contribution in [0.4, 0.5) is 0 Å². The molecule has 2 heterocycles. The molecule has 1 aliphatic heterocycles. The van der Waals surface area contributed by atoms with Gasteiger partial charge in [0.25, 0.3) is 0 Å². The molecule has 0 spiro atoms. The van der Waals surface area contributed by atoms with Gasteiger partial charge in [-0.2, -0.15) is 0 Å². The molecule has 1 fully saturated rings. The van der Waals surface area contributed by atoms with E-state index >= 15 is 0 Å². The fourth-order valence-electron chi connectivity index (χ4n) is 2.14. The number of rotatable bonds is 3. The van der Waals surface area contributed by atoms with Gasteiger partial charge in [-0.1, -0.05) is 0 Å². The van der Waals surface area contributed by atoms with Crippen LogP contribution in [0.15, 0.2) is 29.6 Å². The average Bonchev–Trinajstić information content (AvgIpc) is 2.39. The van der Waals surface area contributed by atoms with Crippen molar-refractivity contribution in [2.24, 2.45) is 7.05 Å². The average molecular weight is 376 g/mol. The van der Waals surface area contributed by atoms with Crippen molar-refractivity contribution in [3.8, 4) is 0 Å². The van der Waals surface area contributed by atoms with E-state index in [1.165, 1.54) is 42.9 Å². The standard InChI is InChI=1S/C14H21N2S.HI/c1-15-10-6-13(7-11-15)12-14(17-2)16-8-4-3-5-9-16;/h6-7,10-12H,3-5,8-9H2,1-2H3;1H/q+1;/p-1. The van der Waals surface area contributed by atoms with Crippen LogP contribution >= 0.6 is 11.8 Å². The number of halogens is 1. The fourth-order valence-corrected chi connectivity index (χ4v) is 2.84. The van der Waals surface area contributed by atoms with Crippen LogP contribution in [0.2, 0.25) is 0 Å². The molecule has 2 nitrogen and oxygen atoms in total. The molecule has 0 N–H and O–H groups in total. The minimum Gasteiger partial charge on any atom is -1.00 e. The van der Waals surface area contributed by atoms with Gasteiger partial charge in [0.15, 0.2) is 12.4 Å². The lowest BCUT2D eigenvalue weighted by Gasteiger charge is -2.30. The summed E-state index contributed by atoms with van der Waals surface area (Å²) in [5, 5.41) is 1.40. The zero-order chi connectivity index (χ0) is 12.1. The van der Waals surface area contributed by atoms with Gasteiger partial charge >= 0.3 is 0 Å². The first kappa shape index (κ1) is 15.8. The lowest BCUT2D eigenvalue weighted by molar-refractivity contribution is -0.671. The molecular weight excluding hydrogens is 355 g/mol. The number of hydrogen-bond donors (Lipinski definition) is 0. The minimum atomic E-state index is 0. The van der Waals surface area contributed by atoms with Crippen molar-refractivity contribution in [3.05, 3.63) is 35.1 Å². The number of aromatic nitrogens is 1. The van der Waals surface area contributed by atoms with Crippen molar-refractivity contribution < 1.29 is 28.5 Å². The second-order valence-corrected chi connectivity index (χ2v) is 5.36. The maximum Gasteiger partial charge on any atom is 0.169 e. The summed E-state index contributed by atoms with van der Waals surface area (Å²) in [6, 6.07) is 4.33. The van der Waals surface area contributed by atoms with Crippen LogP contribution in [0, 0.1) is 0 Å². The van der Waals surface area contributed by atoms with Gasteiger partial charge in [0.05, 0.1) is 5.03 Å². The maximum absolute atomic E-state index is 2.52. The number of pyridine rings is 1. The zero-order valence-corrected chi connectivity index (χ0v) is 14.1. The van der Waals surface area contributed by atoms with Crippen LogP contribution in [0.3, 0.4) is 0 Å². The molecule has 100 valence electrons. The predicted octanol–water partition coefficient (Wildman–Crippen LogP) is -0.338. The van der Waals surface area contributed by atoms with Crippen molar-refractivity contribution in [1.29, 1.82) is 0 Å². The first-order chi connectivity index (χ1) is 8.29. The Kier molecular flexibility index (Phi) is 7.07. The van der Waals surface area contributed by atoms with E-state index in [2.05, 4.69) is 46.3 Å². The van der Waals surface area contributed by atoms with Gasteiger partial charge in [0.1, 0.15) is 7.05 Å². The van der Waals surface area contributed by atoms with Crippen LogP contribution in [0.5, 0.6) is 0 Å². The van der Waals surface area contributed by atoms with Gasteiger partial charge < -0.3 is 28.9 Å². The van der Waals surface area contributed by atoms with Crippen LogP contribution < -0.4 is 28.5 Å². The second kappa shape index (κ2) is 8.04. The Bertz CT molecular complexity index is 383. The summed E-state index contributed by atoms with van der Waals surface area (Å²) in [4.78, 5) is 2.52. The van der Waals surface area contributed by atoms with E-state index < -0.39 is 0 Å². The number of aryl methyl sites for hydroxylation is 1. The van der Waals surface area contributed by atoms with E-state index in [0.29, 0.717) is 0 Å². The highest BCUT2D eigenvalue weighted by atomic mass is 127. The second-order valence-electron chi connectivity index (χ2n) is 4.53. The molecule has 18 heavy (non-hydrogen) atoms. The molecule has 0 aromatic carbocycles. The summed E-state index contributed by atoms with van der Waals surface area (Å²) in [6.45, 7) is 2.43. The summed E-state index contributed by atoms with van der Waals surface area (Å²) in [6.07, 6.45) is 12.7. The van der Waals surface area contributed by atoms with E-state index in [9.17, 15) is 0 Å². The van der Waals surface area contributed by atoms with Gasteiger partial charge in [-0.05, 0) is 37.2 Å². The highest BCUT2D eigenvalue weighted by molar-refractivity contribution is 8.02. The summed E-state index contributed by atoms with van der Waals surface area (Å²) >= 11 is 1.86. The summed E-state index contributed by atoms with van der Waals surface area (Å²) in [7, 11) is 2.05. The first-order valence-corrected chi connectivity index (χ1v) is 7.48. The highest BCUT2D eigenvalue weighted by Gasteiger charge is 2.12. The lowest BCUT2D eigenvalue weighted by Crippen LogP contribution is -3.00. The van der Waals surface area contributed by atoms with Gasteiger partial charge in [-0.25, -0.2) is 4.57 Å². The Morgan fingerprint density at radius 2 is 1.83 bits per heavy atom. The van der Waals surface area contributed by atoms with Crippen LogP contribution in [-0.2, 0) is 7.05 Å². The quantitative estimate of drug-likeness (QED) is 0.527. The Hall–Kier alpha value is -0.230. The van der Waals surface area contributed by atoms with Crippen molar-refractivity contribution in [2.45, 2.75) is 19.3 Å². The van der Waals surface area contributed by atoms with E-state index in [4.69, 9.17) is 0 Å².